The number of aromatic hydroxyl groups is 1. The molecule has 158 valence electrons. The van der Waals surface area contributed by atoms with Gasteiger partial charge in [0.25, 0.3) is 5.91 Å². The van der Waals surface area contributed by atoms with Crippen molar-refractivity contribution in [3.63, 3.8) is 0 Å². The summed E-state index contributed by atoms with van der Waals surface area (Å²) in [6.45, 7) is 1.81. The molecule has 0 aliphatic carbocycles. The lowest BCUT2D eigenvalue weighted by atomic mass is 10.1. The fourth-order valence-corrected chi connectivity index (χ4v) is 3.07. The van der Waals surface area contributed by atoms with Crippen molar-refractivity contribution in [2.24, 2.45) is 5.92 Å². The van der Waals surface area contributed by atoms with Gasteiger partial charge in [-0.1, -0.05) is 25.1 Å². The minimum absolute atomic E-state index is 0.0207. The summed E-state index contributed by atoms with van der Waals surface area (Å²) in [6, 6.07) is 15.8. The first-order valence-corrected chi connectivity index (χ1v) is 9.64. The molecular weight excluding hydrogens is 398 g/mol. The molecule has 0 spiro atoms. The number of ether oxygens (including phenoxy) is 2. The number of nitrogens with zero attached hydrogens (tertiary/aromatic N) is 2. The lowest BCUT2D eigenvalue weighted by Gasteiger charge is -2.14. The van der Waals surface area contributed by atoms with Crippen LogP contribution in [0, 0.1) is 17.2 Å². The number of aromatic nitrogens is 1. The van der Waals surface area contributed by atoms with Crippen LogP contribution in [-0.4, -0.2) is 35.6 Å². The van der Waals surface area contributed by atoms with Gasteiger partial charge in [0.1, 0.15) is 23.3 Å². The van der Waals surface area contributed by atoms with E-state index in [0.717, 1.165) is 0 Å². The highest BCUT2D eigenvalue weighted by Crippen LogP contribution is 2.33. The van der Waals surface area contributed by atoms with Crippen LogP contribution < -0.4 is 10.1 Å². The number of nitriles is 1. The fraction of sp³-hybridized carbons (Fsp3) is 0.217. The molecule has 0 fully saturated rings. The zero-order valence-corrected chi connectivity index (χ0v) is 17.1. The van der Waals surface area contributed by atoms with Crippen molar-refractivity contribution in [1.29, 1.82) is 5.26 Å². The summed E-state index contributed by atoms with van der Waals surface area (Å²) >= 11 is 0. The number of fused-ring (bicyclic) bond motifs is 1. The lowest BCUT2D eigenvalue weighted by molar-refractivity contribution is -0.145. The van der Waals surface area contributed by atoms with Gasteiger partial charge in [0, 0.05) is 17.3 Å². The number of rotatable bonds is 7. The highest BCUT2D eigenvalue weighted by atomic mass is 16.5. The third-order valence-corrected chi connectivity index (χ3v) is 4.79. The first kappa shape index (κ1) is 21.6. The number of amides is 1. The van der Waals surface area contributed by atoms with E-state index in [1.165, 1.54) is 7.11 Å². The number of nitrogens with one attached hydrogen (secondary N) is 1. The Bertz CT molecular complexity index is 1160. The van der Waals surface area contributed by atoms with Gasteiger partial charge in [-0.15, -0.1) is 0 Å². The first-order valence-electron chi connectivity index (χ1n) is 9.64. The summed E-state index contributed by atoms with van der Waals surface area (Å²) in [5.74, 6) is -0.944. The Labute approximate surface area is 179 Å². The Morgan fingerprint density at radius 2 is 1.90 bits per heavy atom. The largest absolute Gasteiger partial charge is 0.505 e. The number of benzene rings is 2. The number of methoxy groups -OCH3 is 1. The van der Waals surface area contributed by atoms with Gasteiger partial charge in [0.05, 0.1) is 13.0 Å². The Hall–Kier alpha value is -4.12. The fourth-order valence-electron chi connectivity index (χ4n) is 3.07. The zero-order valence-electron chi connectivity index (χ0n) is 17.1. The van der Waals surface area contributed by atoms with E-state index in [2.05, 4.69) is 10.3 Å². The molecule has 1 aromatic heterocycles. The molecule has 0 radical (unpaired) electrons. The van der Waals surface area contributed by atoms with E-state index in [-0.39, 0.29) is 29.1 Å². The average molecular weight is 419 g/mol. The van der Waals surface area contributed by atoms with Crippen molar-refractivity contribution < 1.29 is 24.2 Å². The van der Waals surface area contributed by atoms with Gasteiger partial charge in [-0.2, -0.15) is 5.26 Å². The van der Waals surface area contributed by atoms with Gasteiger partial charge in [0.15, 0.2) is 11.4 Å². The van der Waals surface area contributed by atoms with E-state index < -0.39 is 17.8 Å². The number of hydrogen-bond donors (Lipinski definition) is 2. The molecular formula is C23H21N3O5. The number of hydrogen-bond acceptors (Lipinski definition) is 7. The summed E-state index contributed by atoms with van der Waals surface area (Å²) < 4.78 is 10.5. The minimum atomic E-state index is -0.692. The van der Waals surface area contributed by atoms with Crippen LogP contribution in [0.2, 0.25) is 0 Å². The number of pyridine rings is 1. The minimum Gasteiger partial charge on any atom is -0.505 e. The normalized spacial score (nSPS) is 11.4. The summed E-state index contributed by atoms with van der Waals surface area (Å²) in [5.41, 5.74) is -0.322. The third kappa shape index (κ3) is 4.73. The Balaban J connectivity index is 1.91. The second kappa shape index (κ2) is 9.59. The molecule has 0 aliphatic heterocycles. The van der Waals surface area contributed by atoms with Crippen molar-refractivity contribution in [2.45, 2.75) is 13.3 Å². The molecule has 1 amide bonds. The van der Waals surface area contributed by atoms with Crippen molar-refractivity contribution in [1.82, 2.24) is 10.3 Å². The molecule has 1 unspecified atom stereocenters. The molecule has 1 atom stereocenters. The highest BCUT2D eigenvalue weighted by molar-refractivity contribution is 6.03. The lowest BCUT2D eigenvalue weighted by Crippen LogP contribution is -2.33. The Morgan fingerprint density at radius 3 is 2.55 bits per heavy atom. The van der Waals surface area contributed by atoms with Crippen molar-refractivity contribution >= 4 is 22.6 Å². The maximum absolute atomic E-state index is 12.6. The van der Waals surface area contributed by atoms with Crippen LogP contribution in [0.3, 0.4) is 0 Å². The molecule has 8 nitrogen and oxygen atoms in total. The van der Waals surface area contributed by atoms with E-state index in [1.807, 2.05) is 24.3 Å². The zero-order chi connectivity index (χ0) is 22.4. The number of carbonyl (C=O) groups is 2. The molecule has 2 aromatic carbocycles. The Kier molecular flexibility index (Phi) is 6.67. The van der Waals surface area contributed by atoms with Crippen LogP contribution in [0.5, 0.6) is 17.2 Å². The van der Waals surface area contributed by atoms with Gasteiger partial charge < -0.3 is 19.9 Å². The van der Waals surface area contributed by atoms with Crippen LogP contribution in [0.15, 0.2) is 48.5 Å². The van der Waals surface area contributed by atoms with Gasteiger partial charge in [-0.3, -0.25) is 9.59 Å². The van der Waals surface area contributed by atoms with Gasteiger partial charge in [0.2, 0.25) is 0 Å². The molecule has 2 N–H and O–H groups in total. The van der Waals surface area contributed by atoms with E-state index in [9.17, 15) is 20.0 Å². The van der Waals surface area contributed by atoms with E-state index in [0.29, 0.717) is 23.3 Å². The number of esters is 1. The smallest absolute Gasteiger partial charge is 0.310 e. The maximum Gasteiger partial charge on any atom is 0.310 e. The van der Waals surface area contributed by atoms with Gasteiger partial charge in [-0.25, -0.2) is 4.98 Å². The molecule has 0 saturated heterocycles. The first-order chi connectivity index (χ1) is 15.0. The molecule has 0 bridgehead atoms. The van der Waals surface area contributed by atoms with Crippen LogP contribution >= 0.6 is 0 Å². The predicted molar refractivity (Wildman–Crippen MR) is 113 cm³/mol. The third-order valence-electron chi connectivity index (χ3n) is 4.79. The van der Waals surface area contributed by atoms with Crippen LogP contribution in [0.25, 0.3) is 10.8 Å². The van der Waals surface area contributed by atoms with E-state index >= 15 is 0 Å². The molecule has 8 heteroatoms. The number of carbonyl (C=O) groups excluding carboxylic acids is 2. The van der Waals surface area contributed by atoms with Gasteiger partial charge in [-0.05, 0) is 36.8 Å². The molecule has 3 rings (SSSR count). The Morgan fingerprint density at radius 1 is 1.16 bits per heavy atom. The van der Waals surface area contributed by atoms with E-state index in [4.69, 9.17) is 9.47 Å². The predicted octanol–water partition coefficient (Wildman–Crippen LogP) is 3.53. The molecule has 0 saturated carbocycles. The van der Waals surface area contributed by atoms with Crippen molar-refractivity contribution in [2.75, 3.05) is 13.7 Å². The standard InChI is InChI=1S/C23H21N3O5/c1-3-14(23(29)30-2)13-25-22(28)20-21(27)17-10-9-16(11-18(17)19(12-24)26-20)31-15-7-5-4-6-8-15/h4-11,14,27H,3,13H2,1-2H3,(H,25,28). The van der Waals surface area contributed by atoms with Crippen LogP contribution in [-0.2, 0) is 9.53 Å². The second-order valence-electron chi connectivity index (χ2n) is 6.73. The summed E-state index contributed by atoms with van der Waals surface area (Å²) in [5, 5.41) is 23.4. The van der Waals surface area contributed by atoms with E-state index in [1.54, 1.807) is 37.3 Å². The van der Waals surface area contributed by atoms with Crippen molar-refractivity contribution in [3.05, 3.63) is 59.9 Å². The average Bonchev–Trinajstić information content (AvgIpc) is 2.80. The molecule has 31 heavy (non-hydrogen) atoms. The molecule has 3 aromatic rings. The van der Waals surface area contributed by atoms with Crippen LogP contribution in [0.4, 0.5) is 0 Å². The van der Waals surface area contributed by atoms with Crippen molar-refractivity contribution in [3.8, 4) is 23.3 Å². The second-order valence-corrected chi connectivity index (χ2v) is 6.73. The number of para-hydroxylation sites is 1. The SMILES string of the molecule is CCC(CNC(=O)c1nc(C#N)c2cc(Oc3ccccc3)ccc2c1O)C(=O)OC. The van der Waals surface area contributed by atoms with Crippen LogP contribution in [0.1, 0.15) is 29.5 Å². The highest BCUT2D eigenvalue weighted by Gasteiger charge is 2.22. The molecule has 1 heterocycles. The van der Waals surface area contributed by atoms with Gasteiger partial charge >= 0.3 is 5.97 Å². The summed E-state index contributed by atoms with van der Waals surface area (Å²) in [7, 11) is 1.28. The maximum atomic E-state index is 12.6. The monoisotopic (exact) mass is 419 g/mol. The summed E-state index contributed by atoms with van der Waals surface area (Å²) in [4.78, 5) is 28.3. The molecule has 0 aliphatic rings. The summed E-state index contributed by atoms with van der Waals surface area (Å²) in [6.07, 6.45) is 0.470. The quantitative estimate of drug-likeness (QED) is 0.562. The topological polar surface area (TPSA) is 122 Å².